The first-order valence-electron chi connectivity index (χ1n) is 7.87. The molecule has 1 aliphatic rings. The molecule has 0 bridgehead atoms. The third-order valence-corrected chi connectivity index (χ3v) is 5.52. The van der Waals surface area contributed by atoms with Gasteiger partial charge < -0.3 is 5.32 Å². The molecular weight excluding hydrogens is 354 g/mol. The number of Topliss-reactive ketones (excluding diaryl/α,β-unsaturated/α-hetero) is 1. The number of benzene rings is 3. The Bertz CT molecular complexity index is 1020. The minimum atomic E-state index is -0.0683. The van der Waals surface area contributed by atoms with E-state index in [1.165, 1.54) is 17.1 Å². The number of fused-ring (bicyclic) bond motifs is 2. The highest BCUT2D eigenvalue weighted by Gasteiger charge is 2.21. The maximum Gasteiger partial charge on any atom is 0.228 e. The molecule has 3 aromatic rings. The van der Waals surface area contributed by atoms with Gasteiger partial charge in [-0.3, -0.25) is 9.59 Å². The molecule has 4 rings (SSSR count). The number of amides is 1. The second-order valence-corrected chi connectivity index (χ2v) is 7.39. The van der Waals surface area contributed by atoms with Crippen LogP contribution in [0.25, 0.3) is 10.8 Å². The van der Waals surface area contributed by atoms with E-state index in [1.807, 2.05) is 18.2 Å². The summed E-state index contributed by atoms with van der Waals surface area (Å²) < 4.78 is 0. The summed E-state index contributed by atoms with van der Waals surface area (Å²) >= 11 is 7.72. The van der Waals surface area contributed by atoms with E-state index in [2.05, 4.69) is 29.6 Å². The number of carbonyl (C=O) groups excluding carboxylic acids is 2. The lowest BCUT2D eigenvalue weighted by Crippen LogP contribution is -2.04. The van der Waals surface area contributed by atoms with E-state index in [0.29, 0.717) is 28.4 Å². The smallest absolute Gasteiger partial charge is 0.228 e. The van der Waals surface area contributed by atoms with Crippen molar-refractivity contribution in [3.63, 3.8) is 0 Å². The summed E-state index contributed by atoms with van der Waals surface area (Å²) in [6, 6.07) is 17.7. The van der Waals surface area contributed by atoms with Gasteiger partial charge in [0.2, 0.25) is 5.91 Å². The number of thioether (sulfide) groups is 1. The largest absolute Gasteiger partial charge is 0.325 e. The van der Waals surface area contributed by atoms with Crippen molar-refractivity contribution in [1.29, 1.82) is 0 Å². The van der Waals surface area contributed by atoms with Crippen molar-refractivity contribution in [2.75, 3.05) is 11.1 Å². The quantitative estimate of drug-likeness (QED) is 0.523. The molecule has 3 nitrogen and oxygen atoms in total. The molecule has 0 fully saturated rings. The van der Waals surface area contributed by atoms with Gasteiger partial charge in [0.25, 0.3) is 0 Å². The molecule has 0 saturated carbocycles. The van der Waals surface area contributed by atoms with Gasteiger partial charge >= 0.3 is 0 Å². The normalized spacial score (nSPS) is 12.9. The molecule has 0 atom stereocenters. The standard InChI is InChI=1S/C20H14ClNO2S/c21-17-10-18-14(9-20(24)22-18)8-16(17)19(23)11-25-15-6-5-12-3-1-2-4-13(12)7-15/h1-8,10H,9,11H2,(H,22,24). The topological polar surface area (TPSA) is 46.2 Å². The lowest BCUT2D eigenvalue weighted by molar-refractivity contribution is -0.115. The molecule has 0 unspecified atom stereocenters. The summed E-state index contributed by atoms with van der Waals surface area (Å²) in [5, 5.41) is 5.45. The first kappa shape index (κ1) is 16.2. The van der Waals surface area contributed by atoms with Crippen molar-refractivity contribution < 1.29 is 9.59 Å². The fraction of sp³-hybridized carbons (Fsp3) is 0.100. The Labute approximate surface area is 154 Å². The van der Waals surface area contributed by atoms with Gasteiger partial charge in [-0.15, -0.1) is 11.8 Å². The van der Waals surface area contributed by atoms with Gasteiger partial charge in [-0.2, -0.15) is 0 Å². The van der Waals surface area contributed by atoms with E-state index in [0.717, 1.165) is 15.8 Å². The highest BCUT2D eigenvalue weighted by atomic mass is 35.5. The van der Waals surface area contributed by atoms with E-state index >= 15 is 0 Å². The fourth-order valence-corrected chi connectivity index (χ4v) is 4.04. The SMILES string of the molecule is O=C1Cc2cc(C(=O)CSc3ccc4ccccc4c3)c(Cl)cc2N1. The summed E-state index contributed by atoms with van der Waals surface area (Å²) in [7, 11) is 0. The fourth-order valence-electron chi connectivity index (χ4n) is 2.95. The van der Waals surface area contributed by atoms with Gasteiger partial charge in [-0.1, -0.05) is 41.9 Å². The number of ketones is 1. The van der Waals surface area contributed by atoms with Crippen LogP contribution in [0.15, 0.2) is 59.5 Å². The second kappa shape index (κ2) is 6.54. The molecule has 0 aliphatic carbocycles. The van der Waals surface area contributed by atoms with Crippen molar-refractivity contribution in [1.82, 2.24) is 0 Å². The Morgan fingerprint density at radius 3 is 2.72 bits per heavy atom. The summed E-state index contributed by atoms with van der Waals surface area (Å²) in [5.74, 6) is 0.199. The third kappa shape index (κ3) is 3.28. The minimum absolute atomic E-state index is 0.0368. The van der Waals surface area contributed by atoms with Crippen LogP contribution in [-0.2, 0) is 11.2 Å². The number of nitrogens with one attached hydrogen (secondary N) is 1. The maximum absolute atomic E-state index is 12.6. The Morgan fingerprint density at radius 1 is 1.08 bits per heavy atom. The van der Waals surface area contributed by atoms with Crippen molar-refractivity contribution >= 4 is 51.5 Å². The molecule has 3 aromatic carbocycles. The highest BCUT2D eigenvalue weighted by Crippen LogP contribution is 2.31. The van der Waals surface area contributed by atoms with E-state index in [4.69, 9.17) is 11.6 Å². The van der Waals surface area contributed by atoms with E-state index < -0.39 is 0 Å². The lowest BCUT2D eigenvalue weighted by atomic mass is 10.1. The van der Waals surface area contributed by atoms with Crippen LogP contribution in [0.4, 0.5) is 5.69 Å². The average Bonchev–Trinajstić information content (AvgIpc) is 2.97. The van der Waals surface area contributed by atoms with Crippen LogP contribution in [-0.4, -0.2) is 17.4 Å². The Balaban J connectivity index is 1.52. The lowest BCUT2D eigenvalue weighted by Gasteiger charge is -2.07. The number of hydrogen-bond donors (Lipinski definition) is 1. The monoisotopic (exact) mass is 367 g/mol. The maximum atomic E-state index is 12.6. The molecule has 1 heterocycles. The van der Waals surface area contributed by atoms with Crippen molar-refractivity contribution in [3.8, 4) is 0 Å². The third-order valence-electron chi connectivity index (χ3n) is 4.21. The average molecular weight is 368 g/mol. The summed E-state index contributed by atoms with van der Waals surface area (Å²) in [5.41, 5.74) is 2.01. The molecule has 0 saturated heterocycles. The van der Waals surface area contributed by atoms with Crippen molar-refractivity contribution in [2.45, 2.75) is 11.3 Å². The van der Waals surface area contributed by atoms with Crippen LogP contribution in [0.1, 0.15) is 15.9 Å². The molecule has 1 aliphatic heterocycles. The molecule has 1 amide bonds. The Kier molecular flexibility index (Phi) is 4.24. The zero-order valence-corrected chi connectivity index (χ0v) is 14.8. The first-order chi connectivity index (χ1) is 12.1. The highest BCUT2D eigenvalue weighted by molar-refractivity contribution is 8.00. The summed E-state index contributed by atoms with van der Waals surface area (Å²) in [4.78, 5) is 25.1. The molecule has 0 spiro atoms. The van der Waals surface area contributed by atoms with Crippen LogP contribution < -0.4 is 5.32 Å². The first-order valence-corrected chi connectivity index (χ1v) is 9.23. The Hall–Kier alpha value is -2.30. The van der Waals surface area contributed by atoms with Crippen LogP contribution in [0, 0.1) is 0 Å². The zero-order valence-electron chi connectivity index (χ0n) is 13.2. The second-order valence-electron chi connectivity index (χ2n) is 5.93. The van der Waals surface area contributed by atoms with Gasteiger partial charge in [0.1, 0.15) is 0 Å². The van der Waals surface area contributed by atoms with Gasteiger partial charge in [0, 0.05) is 16.1 Å². The molecule has 1 N–H and O–H groups in total. The van der Waals surface area contributed by atoms with E-state index in [1.54, 1.807) is 12.1 Å². The predicted molar refractivity (Wildman–Crippen MR) is 103 cm³/mol. The molecule has 5 heteroatoms. The molecule has 0 radical (unpaired) electrons. The van der Waals surface area contributed by atoms with Crippen LogP contribution in [0.5, 0.6) is 0 Å². The van der Waals surface area contributed by atoms with Crippen LogP contribution in [0.2, 0.25) is 5.02 Å². The summed E-state index contributed by atoms with van der Waals surface area (Å²) in [6.45, 7) is 0. The van der Waals surface area contributed by atoms with Gasteiger partial charge in [0.15, 0.2) is 5.78 Å². The molecular formula is C20H14ClNO2S. The van der Waals surface area contributed by atoms with E-state index in [9.17, 15) is 9.59 Å². The van der Waals surface area contributed by atoms with Gasteiger partial charge in [0.05, 0.1) is 17.2 Å². The van der Waals surface area contributed by atoms with E-state index in [-0.39, 0.29) is 11.7 Å². The zero-order chi connectivity index (χ0) is 17.4. The van der Waals surface area contributed by atoms with Crippen molar-refractivity contribution in [2.24, 2.45) is 0 Å². The Morgan fingerprint density at radius 2 is 1.88 bits per heavy atom. The van der Waals surface area contributed by atoms with Gasteiger partial charge in [-0.25, -0.2) is 0 Å². The summed E-state index contributed by atoms with van der Waals surface area (Å²) in [6.07, 6.45) is 0.296. The molecule has 25 heavy (non-hydrogen) atoms. The number of rotatable bonds is 4. The minimum Gasteiger partial charge on any atom is -0.325 e. The van der Waals surface area contributed by atoms with Crippen LogP contribution in [0.3, 0.4) is 0 Å². The van der Waals surface area contributed by atoms with Crippen LogP contribution >= 0.6 is 23.4 Å². The number of hydrogen-bond acceptors (Lipinski definition) is 3. The van der Waals surface area contributed by atoms with Gasteiger partial charge in [-0.05, 0) is 40.6 Å². The predicted octanol–water partition coefficient (Wildman–Crippen LogP) is 4.96. The number of carbonyl (C=O) groups is 2. The molecule has 0 aromatic heterocycles. The molecule has 124 valence electrons. The van der Waals surface area contributed by atoms with Crippen molar-refractivity contribution in [3.05, 3.63) is 70.7 Å². The number of halogens is 1. The number of anilines is 1.